The van der Waals surface area contributed by atoms with E-state index in [1.165, 1.54) is 23.5 Å². The summed E-state index contributed by atoms with van der Waals surface area (Å²) in [5.74, 6) is -0.236. The maximum absolute atomic E-state index is 12.7. The molecule has 0 unspecified atom stereocenters. The second-order valence-corrected chi connectivity index (χ2v) is 7.78. The fraction of sp³-hybridized carbons (Fsp3) is 0.190. The Morgan fingerprint density at radius 3 is 2.23 bits per heavy atom. The summed E-state index contributed by atoms with van der Waals surface area (Å²) in [7, 11) is 0. The van der Waals surface area contributed by atoms with Gasteiger partial charge in [-0.1, -0.05) is 47.7 Å². The fourth-order valence-electron chi connectivity index (χ4n) is 2.85. The third-order valence-electron chi connectivity index (χ3n) is 4.41. The Kier molecular flexibility index (Phi) is 6.59. The van der Waals surface area contributed by atoms with Crippen LogP contribution in [-0.2, 0) is 12.7 Å². The summed E-state index contributed by atoms with van der Waals surface area (Å²) in [6, 6.07) is 12.7. The first-order chi connectivity index (χ1) is 14.6. The van der Waals surface area contributed by atoms with Gasteiger partial charge in [-0.3, -0.25) is 5.41 Å². The molecule has 10 heteroatoms. The van der Waals surface area contributed by atoms with Crippen LogP contribution in [0.3, 0.4) is 0 Å². The van der Waals surface area contributed by atoms with E-state index in [0.717, 1.165) is 44.5 Å². The number of hydrogen-bond acceptors (Lipinski definition) is 5. The monoisotopic (exact) mass is 446 g/mol. The fourth-order valence-corrected chi connectivity index (χ4v) is 3.75. The number of rotatable bonds is 6. The van der Waals surface area contributed by atoms with Crippen molar-refractivity contribution in [2.45, 2.75) is 26.6 Å². The number of aryl methyl sites for hydroxylation is 1. The number of nitrogens with two attached hydrogens (primary N) is 1. The predicted molar refractivity (Wildman–Crippen MR) is 118 cm³/mol. The van der Waals surface area contributed by atoms with Gasteiger partial charge in [0, 0.05) is 6.54 Å². The Labute approximate surface area is 181 Å². The van der Waals surface area contributed by atoms with Gasteiger partial charge in [0.15, 0.2) is 5.13 Å². The number of halogens is 3. The van der Waals surface area contributed by atoms with E-state index in [4.69, 9.17) is 11.1 Å². The van der Waals surface area contributed by atoms with Crippen LogP contribution in [-0.4, -0.2) is 16.7 Å². The van der Waals surface area contributed by atoms with E-state index in [1.807, 2.05) is 31.2 Å². The van der Waals surface area contributed by atoms with Crippen molar-refractivity contribution < 1.29 is 13.2 Å². The molecule has 1 aromatic heterocycles. The van der Waals surface area contributed by atoms with Crippen molar-refractivity contribution in [3.05, 3.63) is 70.2 Å². The van der Waals surface area contributed by atoms with Gasteiger partial charge in [-0.05, 0) is 42.7 Å². The van der Waals surface area contributed by atoms with Gasteiger partial charge in [0.1, 0.15) is 0 Å². The van der Waals surface area contributed by atoms with Gasteiger partial charge in [-0.15, -0.1) is 0 Å². The van der Waals surface area contributed by atoms with E-state index in [-0.39, 0.29) is 5.96 Å². The largest absolute Gasteiger partial charge is 0.416 e. The first-order valence-electron chi connectivity index (χ1n) is 9.26. The van der Waals surface area contributed by atoms with E-state index in [9.17, 15) is 13.2 Å². The van der Waals surface area contributed by atoms with Crippen molar-refractivity contribution in [2.75, 3.05) is 5.32 Å². The topological polar surface area (TPSA) is 99.2 Å². The highest BCUT2D eigenvalue weighted by Gasteiger charge is 2.29. The second-order valence-electron chi connectivity index (χ2n) is 6.78. The average Bonchev–Trinajstić information content (AvgIpc) is 3.11. The molecule has 3 aromatic rings. The Bertz CT molecular complexity index is 1090. The molecule has 0 bridgehead atoms. The minimum absolute atomic E-state index is 0.236. The molecule has 0 saturated heterocycles. The highest BCUT2D eigenvalue weighted by Crippen LogP contribution is 2.31. The minimum atomic E-state index is -4.34. The number of guanidine groups is 1. The van der Waals surface area contributed by atoms with E-state index < -0.39 is 11.7 Å². The lowest BCUT2D eigenvalue weighted by molar-refractivity contribution is -0.137. The van der Waals surface area contributed by atoms with E-state index in [0.29, 0.717) is 12.3 Å². The second kappa shape index (κ2) is 9.17. The van der Waals surface area contributed by atoms with Crippen molar-refractivity contribution in [1.29, 1.82) is 5.41 Å². The van der Waals surface area contributed by atoms with Gasteiger partial charge in [-0.2, -0.15) is 18.3 Å². The molecule has 0 aliphatic heterocycles. The van der Waals surface area contributed by atoms with Crippen molar-refractivity contribution in [2.24, 2.45) is 10.8 Å². The maximum atomic E-state index is 12.7. The smallest absolute Gasteiger partial charge is 0.369 e. The molecule has 2 aromatic carbocycles. The summed E-state index contributed by atoms with van der Waals surface area (Å²) in [4.78, 5) is 5.37. The first kappa shape index (κ1) is 22.3. The van der Waals surface area contributed by atoms with Gasteiger partial charge in [0.05, 0.1) is 21.8 Å². The van der Waals surface area contributed by atoms with Crippen LogP contribution in [0.4, 0.5) is 18.3 Å². The number of aromatic nitrogens is 1. The first-order valence-corrected chi connectivity index (χ1v) is 10.1. The molecule has 1 heterocycles. The molecular weight excluding hydrogens is 425 g/mol. The highest BCUT2D eigenvalue weighted by molar-refractivity contribution is 7.17. The zero-order chi connectivity index (χ0) is 22.6. The molecule has 31 heavy (non-hydrogen) atoms. The lowest BCUT2D eigenvalue weighted by Gasteiger charge is -2.08. The molecule has 162 valence electrons. The Hall–Kier alpha value is -3.40. The molecule has 3 rings (SSSR count). The number of anilines is 1. The minimum Gasteiger partial charge on any atom is -0.369 e. The third kappa shape index (κ3) is 5.82. The zero-order valence-corrected chi connectivity index (χ0v) is 17.7. The van der Waals surface area contributed by atoms with Crippen molar-refractivity contribution in [3.63, 3.8) is 0 Å². The molecule has 0 atom stereocenters. The van der Waals surface area contributed by atoms with E-state index in [2.05, 4.69) is 20.8 Å². The molecule has 0 aliphatic rings. The highest BCUT2D eigenvalue weighted by atomic mass is 32.1. The van der Waals surface area contributed by atoms with Gasteiger partial charge in [-0.25, -0.2) is 10.4 Å². The molecule has 0 radical (unpaired) electrons. The van der Waals surface area contributed by atoms with Crippen LogP contribution in [0.1, 0.15) is 28.6 Å². The summed E-state index contributed by atoms with van der Waals surface area (Å²) in [6.07, 6.45) is -4.34. The summed E-state index contributed by atoms with van der Waals surface area (Å²) < 4.78 is 38.1. The van der Waals surface area contributed by atoms with Crippen molar-refractivity contribution in [3.8, 4) is 11.1 Å². The number of thiazole rings is 1. The average molecular weight is 447 g/mol. The summed E-state index contributed by atoms with van der Waals surface area (Å²) in [5, 5.41) is 15.2. The number of nitrogens with one attached hydrogen (secondary N) is 3. The molecular formula is C21H21F3N6S. The number of benzene rings is 2. The third-order valence-corrected chi connectivity index (χ3v) is 5.64. The molecule has 6 nitrogen and oxygen atoms in total. The molecule has 0 fully saturated rings. The number of alkyl halides is 3. The molecule has 0 saturated carbocycles. The quantitative estimate of drug-likeness (QED) is 0.244. The number of hydrogen-bond donors (Lipinski definition) is 4. The Morgan fingerprint density at radius 1 is 1.10 bits per heavy atom. The van der Waals surface area contributed by atoms with Crippen molar-refractivity contribution >= 4 is 28.1 Å². The normalized spacial score (nSPS) is 12.0. The Balaban J connectivity index is 1.64. The van der Waals surface area contributed by atoms with Gasteiger partial charge in [0.25, 0.3) is 0 Å². The molecule has 0 spiro atoms. The Morgan fingerprint density at radius 2 is 1.68 bits per heavy atom. The SMILES string of the molecule is CC(=NNC(=N)N)c1sc(NCc2ccc(-c3ccc(C(F)(F)F)cc3)cc2)nc1C. The van der Waals surface area contributed by atoms with Crippen LogP contribution in [0, 0.1) is 12.3 Å². The molecule has 0 amide bonds. The molecule has 5 N–H and O–H groups in total. The number of hydrazone groups is 1. The van der Waals surface area contributed by atoms with Crippen LogP contribution in [0.5, 0.6) is 0 Å². The summed E-state index contributed by atoms with van der Waals surface area (Å²) >= 11 is 1.45. The van der Waals surface area contributed by atoms with Gasteiger partial charge < -0.3 is 11.1 Å². The lowest BCUT2D eigenvalue weighted by Crippen LogP contribution is -2.26. The van der Waals surface area contributed by atoms with Gasteiger partial charge in [0.2, 0.25) is 5.96 Å². The van der Waals surface area contributed by atoms with Crippen LogP contribution < -0.4 is 16.5 Å². The standard InChI is InChI=1S/C21H21F3N6S/c1-12-18(13(2)29-30-19(25)26)31-20(28-12)27-11-14-3-5-15(6-4-14)16-7-9-17(10-8-16)21(22,23)24/h3-10H,11H2,1-2H3,(H,27,28)(H4,25,26,30). The van der Waals surface area contributed by atoms with Crippen LogP contribution in [0.2, 0.25) is 0 Å². The van der Waals surface area contributed by atoms with Crippen LogP contribution >= 0.6 is 11.3 Å². The maximum Gasteiger partial charge on any atom is 0.416 e. The predicted octanol–water partition coefficient (Wildman–Crippen LogP) is 4.96. The summed E-state index contributed by atoms with van der Waals surface area (Å²) in [5.41, 5.74) is 11.1. The van der Waals surface area contributed by atoms with Crippen LogP contribution in [0.15, 0.2) is 53.6 Å². The van der Waals surface area contributed by atoms with Crippen LogP contribution in [0.25, 0.3) is 11.1 Å². The molecule has 0 aliphatic carbocycles. The summed E-state index contributed by atoms with van der Waals surface area (Å²) in [6.45, 7) is 4.23. The zero-order valence-electron chi connectivity index (χ0n) is 16.8. The van der Waals surface area contributed by atoms with E-state index >= 15 is 0 Å². The lowest BCUT2D eigenvalue weighted by atomic mass is 10.0. The van der Waals surface area contributed by atoms with Crippen molar-refractivity contribution in [1.82, 2.24) is 10.4 Å². The van der Waals surface area contributed by atoms with E-state index in [1.54, 1.807) is 6.92 Å². The van der Waals surface area contributed by atoms with Gasteiger partial charge >= 0.3 is 6.18 Å². The number of nitrogens with zero attached hydrogens (tertiary/aromatic N) is 2.